The second kappa shape index (κ2) is 7.75. The van der Waals surface area contributed by atoms with Gasteiger partial charge < -0.3 is 20.6 Å². The van der Waals surface area contributed by atoms with Crippen LogP contribution in [0.25, 0.3) is 0 Å². The van der Waals surface area contributed by atoms with Crippen LogP contribution < -0.4 is 10.6 Å². The molecule has 156 valence electrons. The summed E-state index contributed by atoms with van der Waals surface area (Å²) >= 11 is 0. The first-order chi connectivity index (χ1) is 14.4. The Morgan fingerprint density at radius 2 is 2.03 bits per heavy atom. The summed E-state index contributed by atoms with van der Waals surface area (Å²) < 4.78 is 1.69. The molecule has 2 aromatic heterocycles. The number of urea groups is 1. The number of hydrogen-bond acceptors (Lipinski definition) is 6. The quantitative estimate of drug-likeness (QED) is 0.600. The largest absolute Gasteiger partial charge is 0.394 e. The summed E-state index contributed by atoms with van der Waals surface area (Å²) in [6, 6.07) is 10.5. The van der Waals surface area contributed by atoms with Gasteiger partial charge in [0.2, 0.25) is 5.95 Å². The fraction of sp³-hybridized carbons (Fsp3) is 0.333. The molecule has 30 heavy (non-hydrogen) atoms. The third kappa shape index (κ3) is 3.71. The lowest BCUT2D eigenvalue weighted by molar-refractivity contribution is 0.136. The Kier molecular flexibility index (Phi) is 5.13. The van der Waals surface area contributed by atoms with Crippen molar-refractivity contribution in [2.45, 2.75) is 32.0 Å². The van der Waals surface area contributed by atoms with E-state index in [1.54, 1.807) is 15.8 Å². The number of aliphatic hydroxyl groups is 1. The van der Waals surface area contributed by atoms with E-state index in [4.69, 9.17) is 0 Å². The van der Waals surface area contributed by atoms with Crippen molar-refractivity contribution in [2.24, 2.45) is 7.05 Å². The molecular formula is C21H25N7O2. The summed E-state index contributed by atoms with van der Waals surface area (Å²) in [5.74, 6) is 1.08. The molecule has 0 fully saturated rings. The average Bonchev–Trinajstić information content (AvgIpc) is 3.26. The molecule has 3 heterocycles. The van der Waals surface area contributed by atoms with Crippen LogP contribution in [0.1, 0.15) is 36.7 Å². The van der Waals surface area contributed by atoms with Gasteiger partial charge in [-0.25, -0.2) is 14.8 Å². The fourth-order valence-corrected chi connectivity index (χ4v) is 3.67. The van der Waals surface area contributed by atoms with Gasteiger partial charge in [0.1, 0.15) is 0 Å². The van der Waals surface area contributed by atoms with Crippen molar-refractivity contribution >= 4 is 17.8 Å². The zero-order chi connectivity index (χ0) is 21.3. The number of carbonyl (C=O) groups excluding carboxylic acids is 1. The van der Waals surface area contributed by atoms with Crippen molar-refractivity contribution in [3.8, 4) is 0 Å². The summed E-state index contributed by atoms with van der Waals surface area (Å²) in [5.41, 5.74) is 1.94. The van der Waals surface area contributed by atoms with Gasteiger partial charge in [-0.2, -0.15) is 5.10 Å². The molecule has 0 saturated heterocycles. The van der Waals surface area contributed by atoms with Gasteiger partial charge in [0.15, 0.2) is 5.82 Å². The summed E-state index contributed by atoms with van der Waals surface area (Å²) in [6.45, 7) is 4.09. The van der Waals surface area contributed by atoms with Gasteiger partial charge in [0.05, 0.1) is 30.4 Å². The first-order valence-corrected chi connectivity index (χ1v) is 9.75. The molecule has 2 amide bonds. The second-order valence-corrected chi connectivity index (χ2v) is 7.79. The first kappa shape index (κ1) is 19.8. The van der Waals surface area contributed by atoms with Crippen LogP contribution in [0.2, 0.25) is 0 Å². The molecular weight excluding hydrogens is 382 g/mol. The molecule has 0 bridgehead atoms. The molecule has 0 spiro atoms. The van der Waals surface area contributed by atoms with E-state index < -0.39 is 11.6 Å². The Balaban J connectivity index is 1.52. The number of aromatic nitrogens is 4. The number of hydrogen-bond donors (Lipinski definition) is 3. The van der Waals surface area contributed by atoms with E-state index in [-0.39, 0.29) is 12.6 Å². The van der Waals surface area contributed by atoms with Crippen LogP contribution in [-0.4, -0.2) is 42.4 Å². The molecule has 1 aromatic carbocycles. The minimum atomic E-state index is -0.584. The normalized spacial score (nSPS) is 15.5. The minimum Gasteiger partial charge on any atom is -0.394 e. The molecule has 4 rings (SSSR count). The van der Waals surface area contributed by atoms with Crippen molar-refractivity contribution in [1.82, 2.24) is 30.0 Å². The van der Waals surface area contributed by atoms with E-state index in [1.165, 1.54) is 0 Å². The van der Waals surface area contributed by atoms with E-state index >= 15 is 0 Å². The van der Waals surface area contributed by atoms with Crippen molar-refractivity contribution in [1.29, 1.82) is 0 Å². The number of aryl methyl sites for hydroxylation is 1. The standard InChI is InChI=1S/C21H25N7O2/c1-21(2)15-11-22-19(25-18-9-10-27(3)26-18)23-16(15)12-28(21)20(30)24-17(13-29)14-7-5-4-6-8-14/h4-11,17,29H,12-13H2,1-3H3,(H,24,30)(H,22,23,25,26)/t17-/m1/s1. The third-order valence-corrected chi connectivity index (χ3v) is 5.39. The van der Waals surface area contributed by atoms with E-state index in [9.17, 15) is 9.90 Å². The molecule has 0 saturated carbocycles. The lowest BCUT2D eigenvalue weighted by atomic mass is 9.97. The summed E-state index contributed by atoms with van der Waals surface area (Å²) in [5, 5.41) is 20.1. The number of anilines is 2. The van der Waals surface area contributed by atoms with Gasteiger partial charge in [-0.05, 0) is 19.4 Å². The number of amides is 2. The molecule has 0 radical (unpaired) electrons. The monoisotopic (exact) mass is 407 g/mol. The molecule has 1 aliphatic rings. The molecule has 9 heteroatoms. The maximum absolute atomic E-state index is 13.1. The van der Waals surface area contributed by atoms with Crippen LogP contribution in [0.15, 0.2) is 48.8 Å². The summed E-state index contributed by atoms with van der Waals surface area (Å²) in [4.78, 5) is 23.8. The number of carbonyl (C=O) groups is 1. The maximum atomic E-state index is 13.1. The van der Waals surface area contributed by atoms with Gasteiger partial charge in [-0.15, -0.1) is 0 Å². The molecule has 1 aliphatic heterocycles. The van der Waals surface area contributed by atoms with E-state index in [0.717, 1.165) is 16.8 Å². The van der Waals surface area contributed by atoms with E-state index in [1.807, 2.05) is 63.5 Å². The highest BCUT2D eigenvalue weighted by molar-refractivity contribution is 5.77. The Morgan fingerprint density at radius 1 is 1.27 bits per heavy atom. The number of nitrogens with one attached hydrogen (secondary N) is 2. The predicted octanol–water partition coefficient (Wildman–Crippen LogP) is 2.45. The number of benzene rings is 1. The van der Waals surface area contributed by atoms with Gasteiger partial charge in [0, 0.05) is 31.1 Å². The Hall–Kier alpha value is -3.46. The lowest BCUT2D eigenvalue weighted by Gasteiger charge is -2.33. The van der Waals surface area contributed by atoms with Crippen LogP contribution in [0.5, 0.6) is 0 Å². The second-order valence-electron chi connectivity index (χ2n) is 7.79. The highest BCUT2D eigenvalue weighted by atomic mass is 16.3. The highest BCUT2D eigenvalue weighted by Crippen LogP contribution is 2.38. The lowest BCUT2D eigenvalue weighted by Crippen LogP contribution is -2.47. The Morgan fingerprint density at radius 3 is 2.70 bits per heavy atom. The molecule has 0 aliphatic carbocycles. The smallest absolute Gasteiger partial charge is 0.319 e. The van der Waals surface area contributed by atoms with Crippen LogP contribution in [0.3, 0.4) is 0 Å². The number of nitrogens with zero attached hydrogens (tertiary/aromatic N) is 5. The number of rotatable bonds is 5. The topological polar surface area (TPSA) is 108 Å². The first-order valence-electron chi connectivity index (χ1n) is 9.75. The van der Waals surface area contributed by atoms with Crippen molar-refractivity contribution in [3.05, 3.63) is 65.6 Å². The van der Waals surface area contributed by atoms with Crippen molar-refractivity contribution in [3.63, 3.8) is 0 Å². The molecule has 3 N–H and O–H groups in total. The number of fused-ring (bicyclic) bond motifs is 1. The van der Waals surface area contributed by atoms with Gasteiger partial charge in [-0.1, -0.05) is 30.3 Å². The van der Waals surface area contributed by atoms with Crippen molar-refractivity contribution < 1.29 is 9.90 Å². The van der Waals surface area contributed by atoms with Crippen molar-refractivity contribution in [2.75, 3.05) is 11.9 Å². The minimum absolute atomic E-state index is 0.186. The van der Waals surface area contributed by atoms with Crippen LogP contribution in [0, 0.1) is 0 Å². The van der Waals surface area contributed by atoms with Gasteiger partial charge >= 0.3 is 6.03 Å². The SMILES string of the molecule is Cn1ccc(Nc2ncc3c(n2)CN(C(=O)N[C@H](CO)c2ccccc2)C3(C)C)n1. The zero-order valence-corrected chi connectivity index (χ0v) is 17.2. The fourth-order valence-electron chi connectivity index (χ4n) is 3.67. The molecule has 9 nitrogen and oxygen atoms in total. The third-order valence-electron chi connectivity index (χ3n) is 5.39. The Labute approximate surface area is 174 Å². The summed E-state index contributed by atoms with van der Waals surface area (Å²) in [6.07, 6.45) is 3.58. The summed E-state index contributed by atoms with van der Waals surface area (Å²) in [7, 11) is 1.84. The van der Waals surface area contributed by atoms with E-state index in [2.05, 4.69) is 25.7 Å². The molecule has 0 unspecified atom stereocenters. The van der Waals surface area contributed by atoms with Gasteiger partial charge in [-0.3, -0.25) is 4.68 Å². The van der Waals surface area contributed by atoms with Crippen LogP contribution >= 0.6 is 0 Å². The average molecular weight is 407 g/mol. The van der Waals surface area contributed by atoms with Crippen LogP contribution in [-0.2, 0) is 19.1 Å². The molecule has 1 atom stereocenters. The van der Waals surface area contributed by atoms with E-state index in [0.29, 0.717) is 18.3 Å². The maximum Gasteiger partial charge on any atom is 0.319 e. The molecule has 3 aromatic rings. The predicted molar refractivity (Wildman–Crippen MR) is 112 cm³/mol. The van der Waals surface area contributed by atoms with Gasteiger partial charge in [0.25, 0.3) is 0 Å². The highest BCUT2D eigenvalue weighted by Gasteiger charge is 2.42. The number of aliphatic hydroxyl groups excluding tert-OH is 1. The Bertz CT molecular complexity index is 1050. The van der Waals surface area contributed by atoms with Crippen LogP contribution in [0.4, 0.5) is 16.6 Å². The zero-order valence-electron chi connectivity index (χ0n) is 17.2.